The summed E-state index contributed by atoms with van der Waals surface area (Å²) in [5, 5.41) is 0.805. The number of hydrogen-bond acceptors (Lipinski definition) is 1. The van der Waals surface area contributed by atoms with Crippen LogP contribution in [0.5, 0.6) is 0 Å². The van der Waals surface area contributed by atoms with Crippen molar-refractivity contribution in [1.29, 1.82) is 0 Å². The highest BCUT2D eigenvalue weighted by atomic mass is 35.5. The number of halogens is 1. The molecule has 0 spiro atoms. The van der Waals surface area contributed by atoms with Gasteiger partial charge in [0.15, 0.2) is 0 Å². The summed E-state index contributed by atoms with van der Waals surface area (Å²) >= 11 is 5.99. The molecule has 0 fully saturated rings. The summed E-state index contributed by atoms with van der Waals surface area (Å²) in [6, 6.07) is 7.86. The lowest BCUT2D eigenvalue weighted by Crippen LogP contribution is -2.32. The molecule has 0 aliphatic rings. The van der Waals surface area contributed by atoms with Crippen LogP contribution in [0.4, 0.5) is 5.69 Å². The average Bonchev–Trinajstić information content (AvgIpc) is 1.91. The molecule has 0 unspecified atom stereocenters. The zero-order valence-corrected chi connectivity index (χ0v) is 9.44. The summed E-state index contributed by atoms with van der Waals surface area (Å²) in [5.74, 6) is 0. The van der Waals surface area contributed by atoms with Gasteiger partial charge in [-0.25, -0.2) is 0 Å². The minimum atomic E-state index is -1.26. The molecule has 0 bridgehead atoms. The lowest BCUT2D eigenvalue weighted by molar-refractivity contribution is 1.57. The van der Waals surface area contributed by atoms with Gasteiger partial charge in [-0.1, -0.05) is 43.4 Å². The van der Waals surface area contributed by atoms with Gasteiger partial charge in [0.05, 0.1) is 5.02 Å². The smallest absolute Gasteiger partial charge is 0.144 e. The molecule has 0 saturated carbocycles. The highest BCUT2D eigenvalue weighted by molar-refractivity contribution is 6.79. The summed E-state index contributed by atoms with van der Waals surface area (Å²) in [4.78, 5) is 3.46. The van der Waals surface area contributed by atoms with Gasteiger partial charge in [0.2, 0.25) is 0 Å². The van der Waals surface area contributed by atoms with Crippen molar-refractivity contribution in [3.63, 3.8) is 0 Å². The molecule has 1 N–H and O–H groups in total. The van der Waals surface area contributed by atoms with Crippen LogP contribution in [-0.2, 0) is 0 Å². The van der Waals surface area contributed by atoms with E-state index in [0.717, 1.165) is 10.7 Å². The maximum Gasteiger partial charge on any atom is 0.144 e. The van der Waals surface area contributed by atoms with Gasteiger partial charge in [0.1, 0.15) is 8.24 Å². The quantitative estimate of drug-likeness (QED) is 0.718. The van der Waals surface area contributed by atoms with Crippen molar-refractivity contribution in [3.8, 4) is 0 Å². The first kappa shape index (κ1) is 9.61. The largest absolute Gasteiger partial charge is 0.410 e. The van der Waals surface area contributed by atoms with Crippen LogP contribution in [0.3, 0.4) is 0 Å². The zero-order chi connectivity index (χ0) is 9.19. The number of anilines is 1. The molecule has 66 valence electrons. The number of rotatable bonds is 2. The molecule has 0 aliphatic carbocycles. The van der Waals surface area contributed by atoms with Gasteiger partial charge in [0.25, 0.3) is 0 Å². The van der Waals surface area contributed by atoms with Crippen LogP contribution in [0.1, 0.15) is 0 Å². The molecular formula is C9H14ClNSi. The molecule has 0 atom stereocenters. The standard InChI is InChI=1S/C9H14ClNSi/c1-12(2,3)11-9-7-5-4-6-8(9)10/h4-7,11H,1-3H3. The van der Waals surface area contributed by atoms with E-state index >= 15 is 0 Å². The van der Waals surface area contributed by atoms with Crippen molar-refractivity contribution < 1.29 is 0 Å². The van der Waals surface area contributed by atoms with Crippen molar-refractivity contribution in [2.24, 2.45) is 0 Å². The molecule has 1 rings (SSSR count). The molecule has 0 heterocycles. The molecule has 3 heteroatoms. The topological polar surface area (TPSA) is 12.0 Å². The lowest BCUT2D eigenvalue weighted by atomic mass is 10.3. The maximum atomic E-state index is 5.99. The van der Waals surface area contributed by atoms with Crippen LogP contribution >= 0.6 is 11.6 Å². The summed E-state index contributed by atoms with van der Waals surface area (Å²) in [5.41, 5.74) is 1.05. The second-order valence-corrected chi connectivity index (χ2v) is 9.01. The van der Waals surface area contributed by atoms with E-state index in [9.17, 15) is 0 Å². The third-order valence-electron chi connectivity index (χ3n) is 1.38. The van der Waals surface area contributed by atoms with E-state index < -0.39 is 8.24 Å². The summed E-state index contributed by atoms with van der Waals surface area (Å²) < 4.78 is 0. The van der Waals surface area contributed by atoms with E-state index in [-0.39, 0.29) is 0 Å². The van der Waals surface area contributed by atoms with E-state index in [1.54, 1.807) is 0 Å². The Bertz CT molecular complexity index is 267. The van der Waals surface area contributed by atoms with Gasteiger partial charge >= 0.3 is 0 Å². The number of hydrogen-bond donors (Lipinski definition) is 1. The Labute approximate surface area is 79.8 Å². The summed E-state index contributed by atoms with van der Waals surface area (Å²) in [7, 11) is -1.26. The monoisotopic (exact) mass is 199 g/mol. The average molecular weight is 200 g/mol. The fourth-order valence-corrected chi connectivity index (χ4v) is 2.25. The molecule has 0 saturated heterocycles. The van der Waals surface area contributed by atoms with E-state index in [2.05, 4.69) is 24.6 Å². The predicted molar refractivity (Wildman–Crippen MR) is 58.4 cm³/mol. The predicted octanol–water partition coefficient (Wildman–Crippen LogP) is 3.59. The Morgan fingerprint density at radius 2 is 1.75 bits per heavy atom. The molecule has 1 aromatic rings. The van der Waals surface area contributed by atoms with Crippen molar-refractivity contribution >= 4 is 25.5 Å². The van der Waals surface area contributed by atoms with E-state index in [1.807, 2.05) is 24.3 Å². The molecule has 1 nitrogen and oxygen atoms in total. The second-order valence-electron chi connectivity index (χ2n) is 3.85. The van der Waals surface area contributed by atoms with Crippen molar-refractivity contribution in [2.75, 3.05) is 4.98 Å². The minimum Gasteiger partial charge on any atom is -0.410 e. The Kier molecular flexibility index (Phi) is 2.80. The van der Waals surface area contributed by atoms with Crippen molar-refractivity contribution in [2.45, 2.75) is 19.6 Å². The van der Waals surface area contributed by atoms with Crippen LogP contribution in [0.25, 0.3) is 0 Å². The van der Waals surface area contributed by atoms with Gasteiger partial charge in [-0.2, -0.15) is 0 Å². The molecule has 0 aliphatic heterocycles. The van der Waals surface area contributed by atoms with E-state index in [4.69, 9.17) is 11.6 Å². The van der Waals surface area contributed by atoms with Gasteiger partial charge in [-0.3, -0.25) is 0 Å². The van der Waals surface area contributed by atoms with Crippen LogP contribution in [-0.4, -0.2) is 8.24 Å². The first-order valence-electron chi connectivity index (χ1n) is 4.02. The second kappa shape index (κ2) is 3.50. The van der Waals surface area contributed by atoms with Gasteiger partial charge in [-0.05, 0) is 12.1 Å². The molecule has 0 amide bonds. The summed E-state index contributed by atoms with van der Waals surface area (Å²) in [6.45, 7) is 6.74. The Hall–Kier alpha value is -0.473. The van der Waals surface area contributed by atoms with Gasteiger partial charge in [-0.15, -0.1) is 0 Å². The fraction of sp³-hybridized carbons (Fsp3) is 0.333. The zero-order valence-electron chi connectivity index (χ0n) is 7.69. The van der Waals surface area contributed by atoms with Gasteiger partial charge in [0, 0.05) is 5.69 Å². The Balaban J connectivity index is 2.83. The highest BCUT2D eigenvalue weighted by Crippen LogP contribution is 2.22. The van der Waals surface area contributed by atoms with Gasteiger partial charge < -0.3 is 4.98 Å². The van der Waals surface area contributed by atoms with Crippen molar-refractivity contribution in [1.82, 2.24) is 0 Å². The van der Waals surface area contributed by atoms with Crippen LogP contribution in [0.2, 0.25) is 24.7 Å². The maximum absolute atomic E-state index is 5.99. The molecule has 0 radical (unpaired) electrons. The van der Waals surface area contributed by atoms with E-state index in [0.29, 0.717) is 0 Å². The number of nitrogens with one attached hydrogen (secondary N) is 1. The number of benzene rings is 1. The normalized spacial score (nSPS) is 11.3. The van der Waals surface area contributed by atoms with E-state index in [1.165, 1.54) is 0 Å². The minimum absolute atomic E-state index is 0.805. The fourth-order valence-electron chi connectivity index (χ4n) is 0.967. The molecule has 12 heavy (non-hydrogen) atoms. The first-order chi connectivity index (χ1) is 5.49. The first-order valence-corrected chi connectivity index (χ1v) is 7.89. The third kappa shape index (κ3) is 2.87. The highest BCUT2D eigenvalue weighted by Gasteiger charge is 2.13. The molecular weight excluding hydrogens is 186 g/mol. The summed E-state index contributed by atoms with van der Waals surface area (Å²) in [6.07, 6.45) is 0. The Morgan fingerprint density at radius 3 is 2.25 bits per heavy atom. The molecule has 0 aromatic heterocycles. The lowest BCUT2D eigenvalue weighted by Gasteiger charge is -2.20. The number of para-hydroxylation sites is 1. The SMILES string of the molecule is C[Si](C)(C)Nc1ccccc1Cl. The van der Waals surface area contributed by atoms with Crippen LogP contribution in [0, 0.1) is 0 Å². The van der Waals surface area contributed by atoms with Crippen LogP contribution in [0.15, 0.2) is 24.3 Å². The van der Waals surface area contributed by atoms with Crippen LogP contribution < -0.4 is 4.98 Å². The third-order valence-corrected chi connectivity index (χ3v) is 2.73. The van der Waals surface area contributed by atoms with Crippen molar-refractivity contribution in [3.05, 3.63) is 29.3 Å². The molecule has 1 aromatic carbocycles. The Morgan fingerprint density at radius 1 is 1.17 bits per heavy atom.